The topological polar surface area (TPSA) is 52.6 Å². The van der Waals surface area contributed by atoms with Crippen molar-refractivity contribution in [3.63, 3.8) is 0 Å². The van der Waals surface area contributed by atoms with Crippen molar-refractivity contribution in [2.24, 2.45) is 11.8 Å². The van der Waals surface area contributed by atoms with Gasteiger partial charge < -0.3 is 9.47 Å². The molecule has 0 saturated heterocycles. The summed E-state index contributed by atoms with van der Waals surface area (Å²) in [6.07, 6.45) is 20.5. The number of carbonyl (C=O) groups is 2. The molecule has 3 aromatic carbocycles. The van der Waals surface area contributed by atoms with Crippen LogP contribution in [-0.2, 0) is 19.1 Å². The summed E-state index contributed by atoms with van der Waals surface area (Å²) >= 11 is 3.65. The molecule has 0 aliphatic heterocycles. The summed E-state index contributed by atoms with van der Waals surface area (Å²) in [5, 5.41) is 2.50. The highest BCUT2D eigenvalue weighted by atomic mass is 32.1. The van der Waals surface area contributed by atoms with Gasteiger partial charge in [-0.15, -0.1) is 22.7 Å². The molecule has 2 unspecified atom stereocenters. The van der Waals surface area contributed by atoms with E-state index < -0.39 is 0 Å². The van der Waals surface area contributed by atoms with Crippen LogP contribution >= 0.6 is 22.7 Å². The Kier molecular flexibility index (Phi) is 8.70. The fourth-order valence-corrected chi connectivity index (χ4v) is 10.6. The maximum Gasteiger partial charge on any atom is 0.309 e. The third kappa shape index (κ3) is 6.26. The number of thiophene rings is 2. The fraction of sp³-hybridized carbons (Fsp3) is 0.364. The first-order chi connectivity index (χ1) is 24.6. The van der Waals surface area contributed by atoms with Crippen LogP contribution in [0.1, 0.15) is 112 Å². The Morgan fingerprint density at radius 1 is 0.540 bits per heavy atom. The first-order valence-corrected chi connectivity index (χ1v) is 20.2. The van der Waals surface area contributed by atoms with Crippen LogP contribution in [0.25, 0.3) is 53.2 Å². The second-order valence-corrected chi connectivity index (χ2v) is 16.8. The summed E-state index contributed by atoms with van der Waals surface area (Å²) in [5.74, 6) is 0.0775. The van der Waals surface area contributed by atoms with Crippen LogP contribution in [0, 0.1) is 11.8 Å². The molecular weight excluding hydrogens is 657 g/mol. The molecule has 0 N–H and O–H groups in total. The number of benzene rings is 3. The van der Waals surface area contributed by atoms with Crippen LogP contribution in [0.15, 0.2) is 72.8 Å². The van der Waals surface area contributed by atoms with Gasteiger partial charge in [0, 0.05) is 43.1 Å². The Morgan fingerprint density at radius 3 is 1.66 bits per heavy atom. The standard InChI is InChI=1S/C44H42O4S2/c45-43(28-9-3-1-4-10-28)47-37-15-8-14-30-21-31(19-20-35(30)37)39-23-33-25-42-34(26-41(33)49-39)24-40(50-42)32-18-17-27-13-7-16-38(36(27)22-32)48-44(46)29-11-5-2-6-12-29/h7-8,13-14,17-26,28-29,37-38H,1-6,9-12,15-16H2. The smallest absolute Gasteiger partial charge is 0.309 e. The minimum Gasteiger partial charge on any atom is -0.457 e. The van der Waals surface area contributed by atoms with Crippen LogP contribution in [0.4, 0.5) is 0 Å². The summed E-state index contributed by atoms with van der Waals surface area (Å²) in [7, 11) is 0. The van der Waals surface area contributed by atoms with Gasteiger partial charge in [0.25, 0.3) is 0 Å². The number of rotatable bonds is 6. The number of fused-ring (bicyclic) bond motifs is 4. The highest BCUT2D eigenvalue weighted by molar-refractivity contribution is 7.23. The molecule has 0 bridgehead atoms. The van der Waals surface area contributed by atoms with Gasteiger partial charge in [-0.3, -0.25) is 9.59 Å². The SMILES string of the molecule is O=C(OC1CC=Cc2cc(-c3cc4cc5sc(-c6ccc7c(c6)C(OC(=O)C6CCCCC6)CC=C7)cc5cc4s3)ccc21)C1CCCCC1. The number of carbonyl (C=O) groups excluding carboxylic acids is 2. The molecule has 50 heavy (non-hydrogen) atoms. The molecule has 2 fully saturated rings. The molecule has 0 spiro atoms. The molecule has 5 aromatic rings. The van der Waals surface area contributed by atoms with Crippen molar-refractivity contribution in [1.29, 1.82) is 0 Å². The van der Waals surface area contributed by atoms with Gasteiger partial charge in [0.05, 0.1) is 11.8 Å². The number of hydrogen-bond acceptors (Lipinski definition) is 6. The molecule has 4 nitrogen and oxygen atoms in total. The second-order valence-electron chi connectivity index (χ2n) is 14.6. The Bertz CT molecular complexity index is 2100. The largest absolute Gasteiger partial charge is 0.457 e. The minimum absolute atomic E-state index is 0.0176. The predicted octanol–water partition coefficient (Wildman–Crippen LogP) is 12.6. The Morgan fingerprint density at radius 2 is 1.06 bits per heavy atom. The third-order valence-corrected chi connectivity index (χ3v) is 13.6. The second kappa shape index (κ2) is 13.6. The van der Waals surface area contributed by atoms with Crippen LogP contribution in [0.2, 0.25) is 0 Å². The Balaban J connectivity index is 0.946. The average Bonchev–Trinajstić information content (AvgIpc) is 3.78. The van der Waals surface area contributed by atoms with E-state index in [1.807, 2.05) is 22.7 Å². The van der Waals surface area contributed by atoms with Crippen molar-refractivity contribution in [2.75, 3.05) is 0 Å². The number of hydrogen-bond donors (Lipinski definition) is 0. The summed E-state index contributed by atoms with van der Waals surface area (Å²) in [6, 6.07) is 22.5. The van der Waals surface area contributed by atoms with Gasteiger partial charge in [-0.25, -0.2) is 0 Å². The average molecular weight is 699 g/mol. The van der Waals surface area contributed by atoms with Gasteiger partial charge >= 0.3 is 11.9 Å². The molecule has 2 heterocycles. The first-order valence-electron chi connectivity index (χ1n) is 18.6. The van der Waals surface area contributed by atoms with Crippen LogP contribution in [-0.4, -0.2) is 11.9 Å². The zero-order valence-electron chi connectivity index (χ0n) is 28.3. The molecule has 9 rings (SSSR count). The van der Waals surface area contributed by atoms with E-state index in [2.05, 4.69) is 85.0 Å². The quantitative estimate of drug-likeness (QED) is 0.166. The molecule has 6 heteroatoms. The molecule has 2 atom stereocenters. The van der Waals surface area contributed by atoms with Crippen molar-refractivity contribution >= 4 is 66.9 Å². The molecular formula is C44H42O4S2. The van der Waals surface area contributed by atoms with Crippen LogP contribution < -0.4 is 0 Å². The first kappa shape index (κ1) is 31.9. The highest BCUT2D eigenvalue weighted by Crippen LogP contribution is 2.43. The van der Waals surface area contributed by atoms with Crippen molar-refractivity contribution in [3.8, 4) is 20.9 Å². The van der Waals surface area contributed by atoms with E-state index in [9.17, 15) is 9.59 Å². The fourth-order valence-electron chi connectivity index (χ4n) is 8.44. The molecule has 2 saturated carbocycles. The van der Waals surface area contributed by atoms with E-state index in [-0.39, 0.29) is 36.0 Å². The highest BCUT2D eigenvalue weighted by Gasteiger charge is 2.29. The summed E-state index contributed by atoms with van der Waals surface area (Å²) in [5.41, 5.74) is 6.88. The maximum atomic E-state index is 13.1. The third-order valence-electron chi connectivity index (χ3n) is 11.3. The van der Waals surface area contributed by atoms with E-state index in [0.29, 0.717) is 0 Å². The summed E-state index contributed by atoms with van der Waals surface area (Å²) in [4.78, 5) is 28.5. The van der Waals surface area contributed by atoms with Gasteiger partial charge in [-0.1, -0.05) is 87.1 Å². The van der Waals surface area contributed by atoms with E-state index in [1.165, 1.54) is 53.9 Å². The van der Waals surface area contributed by atoms with Gasteiger partial charge in [0.15, 0.2) is 0 Å². The van der Waals surface area contributed by atoms with Crippen molar-refractivity contribution in [1.82, 2.24) is 0 Å². The molecule has 0 amide bonds. The maximum absolute atomic E-state index is 13.1. The lowest BCUT2D eigenvalue weighted by atomic mass is 9.89. The van der Waals surface area contributed by atoms with Crippen LogP contribution in [0.5, 0.6) is 0 Å². The summed E-state index contributed by atoms with van der Waals surface area (Å²) in [6.45, 7) is 0. The lowest BCUT2D eigenvalue weighted by Crippen LogP contribution is -2.23. The lowest BCUT2D eigenvalue weighted by Gasteiger charge is -2.26. The van der Waals surface area contributed by atoms with Crippen molar-refractivity contribution < 1.29 is 19.1 Å². The monoisotopic (exact) mass is 698 g/mol. The Labute approximate surface area is 301 Å². The number of ether oxygens (including phenoxy) is 2. The van der Waals surface area contributed by atoms with E-state index in [4.69, 9.17) is 9.47 Å². The zero-order chi connectivity index (χ0) is 33.6. The van der Waals surface area contributed by atoms with Gasteiger partial charge in [-0.2, -0.15) is 0 Å². The summed E-state index contributed by atoms with van der Waals surface area (Å²) < 4.78 is 14.8. The molecule has 2 aromatic heterocycles. The van der Waals surface area contributed by atoms with E-state index in [0.717, 1.165) is 86.5 Å². The molecule has 254 valence electrons. The zero-order valence-corrected chi connectivity index (χ0v) is 30.0. The van der Waals surface area contributed by atoms with E-state index >= 15 is 0 Å². The molecule has 4 aliphatic rings. The van der Waals surface area contributed by atoms with Crippen molar-refractivity contribution in [3.05, 3.63) is 95.1 Å². The van der Waals surface area contributed by atoms with Gasteiger partial charge in [0.1, 0.15) is 12.2 Å². The predicted molar refractivity (Wildman–Crippen MR) is 206 cm³/mol. The normalized spacial score (nSPS) is 20.9. The molecule has 0 radical (unpaired) electrons. The minimum atomic E-state index is -0.218. The van der Waals surface area contributed by atoms with Crippen molar-refractivity contribution in [2.45, 2.75) is 89.3 Å². The Hall–Kier alpha value is -4.00. The van der Waals surface area contributed by atoms with Gasteiger partial charge in [-0.05, 0) is 95.1 Å². The van der Waals surface area contributed by atoms with E-state index in [1.54, 1.807) is 0 Å². The number of esters is 2. The van der Waals surface area contributed by atoms with Gasteiger partial charge in [0.2, 0.25) is 0 Å². The van der Waals surface area contributed by atoms with Crippen LogP contribution in [0.3, 0.4) is 0 Å². The lowest BCUT2D eigenvalue weighted by molar-refractivity contribution is -0.156. The molecule has 4 aliphatic carbocycles.